The number of hydrogen-bond donors (Lipinski definition) is 1. The molecule has 0 bridgehead atoms. The maximum atomic E-state index is 12.7. The van der Waals surface area contributed by atoms with Crippen molar-refractivity contribution in [3.63, 3.8) is 0 Å². The van der Waals surface area contributed by atoms with E-state index in [0.29, 0.717) is 11.6 Å². The second kappa shape index (κ2) is 6.31. The Morgan fingerprint density at radius 3 is 2.79 bits per heavy atom. The number of anilines is 2. The van der Waals surface area contributed by atoms with Crippen LogP contribution in [0.1, 0.15) is 26.5 Å². The van der Waals surface area contributed by atoms with E-state index in [9.17, 15) is 4.79 Å². The molecule has 1 N–H and O–H groups in total. The molecule has 1 aliphatic rings. The molecule has 1 unspecified atom stereocenters. The molecule has 2 aromatic rings. The van der Waals surface area contributed by atoms with E-state index in [1.165, 1.54) is 0 Å². The number of nitrogens with zero attached hydrogens (tertiary/aromatic N) is 3. The number of hydrogen-bond acceptors (Lipinski definition) is 5. The van der Waals surface area contributed by atoms with Crippen molar-refractivity contribution in [1.82, 2.24) is 10.1 Å². The molecule has 1 aliphatic heterocycles. The van der Waals surface area contributed by atoms with Gasteiger partial charge in [0.15, 0.2) is 5.82 Å². The number of carbonyl (C=O) groups excluding carboxylic acids is 1. The first-order valence-electron chi connectivity index (χ1n) is 7.77. The van der Waals surface area contributed by atoms with Crippen LogP contribution in [0.2, 0.25) is 0 Å². The highest BCUT2D eigenvalue weighted by atomic mass is 16.5. The third kappa shape index (κ3) is 3.37. The maximum Gasteiger partial charge on any atom is 0.252 e. The van der Waals surface area contributed by atoms with Crippen LogP contribution >= 0.6 is 0 Å². The Morgan fingerprint density at radius 2 is 2.12 bits per heavy atom. The van der Waals surface area contributed by atoms with Crippen LogP contribution in [0.5, 0.6) is 0 Å². The van der Waals surface area contributed by atoms with E-state index >= 15 is 0 Å². The van der Waals surface area contributed by atoms with Crippen LogP contribution in [0.4, 0.5) is 11.6 Å². The van der Waals surface area contributed by atoms with Crippen molar-refractivity contribution in [2.24, 2.45) is 0 Å². The number of aromatic nitrogens is 2. The monoisotopic (exact) mass is 324 g/mol. The van der Waals surface area contributed by atoms with Crippen LogP contribution < -0.4 is 10.2 Å². The summed E-state index contributed by atoms with van der Waals surface area (Å²) in [6.07, 6.45) is 9.05. The van der Waals surface area contributed by atoms with Gasteiger partial charge in [0.1, 0.15) is 17.6 Å². The smallest absolute Gasteiger partial charge is 0.252 e. The molecule has 1 atom stereocenters. The normalized spacial score (nSPS) is 17.1. The summed E-state index contributed by atoms with van der Waals surface area (Å²) in [5, 5.41) is 6.74. The Hall–Kier alpha value is -2.89. The molecule has 0 saturated carbocycles. The lowest BCUT2D eigenvalue weighted by Crippen LogP contribution is -2.41. The van der Waals surface area contributed by atoms with Crippen molar-refractivity contribution in [1.29, 1.82) is 0 Å². The van der Waals surface area contributed by atoms with E-state index < -0.39 is 6.04 Å². The summed E-state index contributed by atoms with van der Waals surface area (Å²) >= 11 is 0. The van der Waals surface area contributed by atoms with Crippen LogP contribution in [0.25, 0.3) is 0 Å². The standard InChI is InChI=1S/C18H20N4O2/c1-18(2,3)14-12-15(21-24-14)20-17(23)13-8-5-7-11-22(13)16-9-4-6-10-19-16/h4-13H,1-3H3,(H,20,21,23). The number of rotatable bonds is 3. The summed E-state index contributed by atoms with van der Waals surface area (Å²) in [5.74, 6) is 1.64. The Balaban J connectivity index is 1.77. The van der Waals surface area contributed by atoms with Crippen molar-refractivity contribution in [2.75, 3.05) is 10.2 Å². The first-order valence-corrected chi connectivity index (χ1v) is 7.77. The van der Waals surface area contributed by atoms with E-state index in [4.69, 9.17) is 4.52 Å². The van der Waals surface area contributed by atoms with Gasteiger partial charge in [-0.15, -0.1) is 0 Å². The fourth-order valence-corrected chi connectivity index (χ4v) is 2.32. The highest BCUT2D eigenvalue weighted by Crippen LogP contribution is 2.25. The summed E-state index contributed by atoms with van der Waals surface area (Å²) in [6, 6.07) is 6.84. The summed E-state index contributed by atoms with van der Waals surface area (Å²) in [4.78, 5) is 18.8. The number of allylic oxidation sites excluding steroid dienone is 2. The highest BCUT2D eigenvalue weighted by Gasteiger charge is 2.26. The van der Waals surface area contributed by atoms with E-state index in [0.717, 1.165) is 5.76 Å². The largest absolute Gasteiger partial charge is 0.359 e. The molecule has 0 fully saturated rings. The van der Waals surface area contributed by atoms with Crippen molar-refractivity contribution < 1.29 is 9.32 Å². The highest BCUT2D eigenvalue weighted by molar-refractivity contribution is 5.98. The molecule has 0 spiro atoms. The molecular weight excluding hydrogens is 304 g/mol. The van der Waals surface area contributed by atoms with Crippen LogP contribution in [0, 0.1) is 0 Å². The topological polar surface area (TPSA) is 71.3 Å². The van der Waals surface area contributed by atoms with Gasteiger partial charge in [-0.2, -0.15) is 0 Å². The molecule has 24 heavy (non-hydrogen) atoms. The summed E-state index contributed by atoms with van der Waals surface area (Å²) in [6.45, 7) is 6.07. The lowest BCUT2D eigenvalue weighted by atomic mass is 9.93. The van der Waals surface area contributed by atoms with Crippen molar-refractivity contribution in [3.05, 3.63) is 60.7 Å². The zero-order chi connectivity index (χ0) is 17.2. The first kappa shape index (κ1) is 16.0. The Labute approximate surface area is 140 Å². The molecule has 124 valence electrons. The number of nitrogens with one attached hydrogen (secondary N) is 1. The minimum absolute atomic E-state index is 0.163. The van der Waals surface area contributed by atoms with Crippen LogP contribution in [-0.4, -0.2) is 22.1 Å². The molecule has 3 rings (SSSR count). The molecule has 6 heteroatoms. The quantitative estimate of drug-likeness (QED) is 0.938. The van der Waals surface area contributed by atoms with Gasteiger partial charge in [-0.05, 0) is 18.2 Å². The average Bonchev–Trinajstić information content (AvgIpc) is 3.04. The number of carbonyl (C=O) groups is 1. The minimum Gasteiger partial charge on any atom is -0.359 e. The lowest BCUT2D eigenvalue weighted by molar-refractivity contribution is -0.116. The van der Waals surface area contributed by atoms with Gasteiger partial charge in [0.2, 0.25) is 0 Å². The Kier molecular flexibility index (Phi) is 4.20. The van der Waals surface area contributed by atoms with Crippen molar-refractivity contribution >= 4 is 17.5 Å². The van der Waals surface area contributed by atoms with Gasteiger partial charge in [-0.3, -0.25) is 4.79 Å². The van der Waals surface area contributed by atoms with Crippen molar-refractivity contribution in [2.45, 2.75) is 32.2 Å². The summed E-state index contributed by atoms with van der Waals surface area (Å²) in [7, 11) is 0. The molecule has 0 radical (unpaired) electrons. The van der Waals surface area contributed by atoms with Crippen LogP contribution in [0.15, 0.2) is 59.4 Å². The molecule has 3 heterocycles. The lowest BCUT2D eigenvalue weighted by Gasteiger charge is -2.28. The van der Waals surface area contributed by atoms with E-state index in [1.54, 1.807) is 17.2 Å². The molecule has 0 saturated heterocycles. The van der Waals surface area contributed by atoms with E-state index in [-0.39, 0.29) is 11.3 Å². The first-order chi connectivity index (χ1) is 11.4. The van der Waals surface area contributed by atoms with Gasteiger partial charge in [-0.1, -0.05) is 44.1 Å². The zero-order valence-corrected chi connectivity index (χ0v) is 13.9. The van der Waals surface area contributed by atoms with Gasteiger partial charge < -0.3 is 14.7 Å². The van der Waals surface area contributed by atoms with Gasteiger partial charge in [0, 0.05) is 23.9 Å². The second-order valence-corrected chi connectivity index (χ2v) is 6.58. The fraction of sp³-hybridized carbons (Fsp3) is 0.278. The SMILES string of the molecule is CC(C)(C)c1cc(NC(=O)C2C=CC=CN2c2ccccn2)no1. The minimum atomic E-state index is -0.500. The average molecular weight is 324 g/mol. The second-order valence-electron chi connectivity index (χ2n) is 6.58. The number of pyridine rings is 1. The van der Waals surface area contributed by atoms with Gasteiger partial charge >= 0.3 is 0 Å². The van der Waals surface area contributed by atoms with Gasteiger partial charge in [0.05, 0.1) is 0 Å². The van der Waals surface area contributed by atoms with Gasteiger partial charge in [-0.25, -0.2) is 4.98 Å². The predicted octanol–water partition coefficient (Wildman–Crippen LogP) is 3.26. The summed E-state index contributed by atoms with van der Waals surface area (Å²) < 4.78 is 5.31. The molecule has 0 aromatic carbocycles. The molecule has 2 aromatic heterocycles. The molecule has 0 aliphatic carbocycles. The third-order valence-electron chi connectivity index (χ3n) is 3.63. The Bertz CT molecular complexity index is 772. The zero-order valence-electron chi connectivity index (χ0n) is 13.9. The maximum absolute atomic E-state index is 12.7. The van der Waals surface area contributed by atoms with Crippen LogP contribution in [-0.2, 0) is 10.2 Å². The van der Waals surface area contributed by atoms with Crippen molar-refractivity contribution in [3.8, 4) is 0 Å². The van der Waals surface area contributed by atoms with Crippen LogP contribution in [0.3, 0.4) is 0 Å². The Morgan fingerprint density at radius 1 is 1.29 bits per heavy atom. The molecule has 1 amide bonds. The van der Waals surface area contributed by atoms with E-state index in [2.05, 4.69) is 15.5 Å². The third-order valence-corrected chi connectivity index (χ3v) is 3.63. The summed E-state index contributed by atoms with van der Waals surface area (Å²) in [5.41, 5.74) is -0.163. The molecule has 6 nitrogen and oxygen atoms in total. The fourth-order valence-electron chi connectivity index (χ4n) is 2.32. The van der Waals surface area contributed by atoms with E-state index in [1.807, 2.05) is 63.4 Å². The number of amides is 1. The molecular formula is C18H20N4O2. The predicted molar refractivity (Wildman–Crippen MR) is 92.6 cm³/mol. The van der Waals surface area contributed by atoms with Gasteiger partial charge in [0.25, 0.3) is 5.91 Å².